The molecule has 0 fully saturated rings. The number of benzene rings is 1. The van der Waals surface area contributed by atoms with E-state index in [4.69, 9.17) is 4.42 Å². The van der Waals surface area contributed by atoms with Gasteiger partial charge in [0.25, 0.3) is 5.56 Å². The summed E-state index contributed by atoms with van der Waals surface area (Å²) in [6.45, 7) is 2.27. The molecule has 7 heteroatoms. The highest BCUT2D eigenvalue weighted by atomic mass is 79.9. The Morgan fingerprint density at radius 1 is 1.29 bits per heavy atom. The SMILES string of the molecule is CCn1c(=O)c2c(O)c(Br)c(=O)oc2c2cc(Br)ccc21. The molecule has 108 valence electrons. The van der Waals surface area contributed by atoms with E-state index in [1.807, 2.05) is 6.92 Å². The third-order valence-electron chi connectivity index (χ3n) is 3.32. The lowest BCUT2D eigenvalue weighted by molar-refractivity contribution is 0.462. The topological polar surface area (TPSA) is 72.4 Å². The predicted octanol–water partition coefficient (Wildman–Crippen LogP) is 3.36. The molecule has 5 nitrogen and oxygen atoms in total. The Hall–Kier alpha value is -1.60. The van der Waals surface area contributed by atoms with Gasteiger partial charge in [0.05, 0.1) is 5.52 Å². The minimum Gasteiger partial charge on any atom is -0.506 e. The third kappa shape index (κ3) is 2.03. The van der Waals surface area contributed by atoms with Crippen LogP contribution in [-0.4, -0.2) is 9.67 Å². The summed E-state index contributed by atoms with van der Waals surface area (Å²) in [7, 11) is 0. The molecule has 0 atom stereocenters. The zero-order valence-corrected chi connectivity index (χ0v) is 14.0. The molecule has 0 aliphatic heterocycles. The van der Waals surface area contributed by atoms with Gasteiger partial charge in [0, 0.05) is 16.4 Å². The van der Waals surface area contributed by atoms with Crippen LogP contribution in [0.4, 0.5) is 0 Å². The van der Waals surface area contributed by atoms with Crippen molar-refractivity contribution in [1.29, 1.82) is 0 Å². The molecule has 0 saturated heterocycles. The van der Waals surface area contributed by atoms with Crippen molar-refractivity contribution >= 4 is 53.7 Å². The lowest BCUT2D eigenvalue weighted by Gasteiger charge is -2.11. The van der Waals surface area contributed by atoms with Crippen molar-refractivity contribution in [3.8, 4) is 5.75 Å². The normalized spacial score (nSPS) is 11.4. The maximum absolute atomic E-state index is 12.6. The summed E-state index contributed by atoms with van der Waals surface area (Å²) in [5, 5.41) is 10.7. The van der Waals surface area contributed by atoms with E-state index in [0.717, 1.165) is 4.47 Å². The van der Waals surface area contributed by atoms with Crippen LogP contribution in [0.3, 0.4) is 0 Å². The molecule has 0 aliphatic carbocycles. The third-order valence-corrected chi connectivity index (χ3v) is 4.51. The van der Waals surface area contributed by atoms with Crippen LogP contribution in [0.25, 0.3) is 21.9 Å². The highest BCUT2D eigenvalue weighted by molar-refractivity contribution is 9.10. The monoisotopic (exact) mass is 413 g/mol. The minimum absolute atomic E-state index is 0.00562. The van der Waals surface area contributed by atoms with Gasteiger partial charge in [-0.25, -0.2) is 4.79 Å². The minimum atomic E-state index is -0.727. The van der Waals surface area contributed by atoms with Gasteiger partial charge in [-0.1, -0.05) is 15.9 Å². The first-order valence-electron chi connectivity index (χ1n) is 6.13. The molecule has 1 N–H and O–H groups in total. The average Bonchev–Trinajstić information content (AvgIpc) is 2.45. The molecule has 2 heterocycles. The molecular weight excluding hydrogens is 406 g/mol. The standard InChI is InChI=1S/C14H9Br2NO4/c1-2-17-8-4-3-6(15)5-7(8)12-9(13(17)19)11(18)10(16)14(20)21-12/h3-5,18H,2H2,1H3. The van der Waals surface area contributed by atoms with E-state index in [1.165, 1.54) is 4.57 Å². The molecule has 2 aromatic heterocycles. The molecule has 3 aromatic rings. The predicted molar refractivity (Wildman–Crippen MR) is 87.0 cm³/mol. The number of aromatic nitrogens is 1. The first-order valence-corrected chi connectivity index (χ1v) is 7.71. The Morgan fingerprint density at radius 3 is 2.67 bits per heavy atom. The van der Waals surface area contributed by atoms with Crippen LogP contribution in [0, 0.1) is 0 Å². The van der Waals surface area contributed by atoms with Crippen molar-refractivity contribution in [1.82, 2.24) is 4.57 Å². The van der Waals surface area contributed by atoms with Gasteiger partial charge in [0.1, 0.15) is 9.86 Å². The number of fused-ring (bicyclic) bond motifs is 3. The highest BCUT2D eigenvalue weighted by Gasteiger charge is 2.19. The summed E-state index contributed by atoms with van der Waals surface area (Å²) in [5.41, 5.74) is -0.394. The van der Waals surface area contributed by atoms with Crippen LogP contribution >= 0.6 is 31.9 Å². The number of rotatable bonds is 1. The molecule has 0 saturated carbocycles. The summed E-state index contributed by atoms with van der Waals surface area (Å²) < 4.78 is 7.38. The molecule has 1 aromatic carbocycles. The van der Waals surface area contributed by atoms with E-state index in [9.17, 15) is 14.7 Å². The number of nitrogens with zero attached hydrogens (tertiary/aromatic N) is 1. The maximum atomic E-state index is 12.6. The summed E-state index contributed by atoms with van der Waals surface area (Å²) in [5.74, 6) is -0.393. The molecular formula is C14H9Br2NO4. The smallest absolute Gasteiger partial charge is 0.354 e. The van der Waals surface area contributed by atoms with E-state index in [0.29, 0.717) is 17.4 Å². The van der Waals surface area contributed by atoms with Crippen molar-refractivity contribution in [2.45, 2.75) is 13.5 Å². The fourth-order valence-corrected chi connectivity index (χ4v) is 3.01. The van der Waals surface area contributed by atoms with Crippen LogP contribution in [-0.2, 0) is 6.54 Å². The van der Waals surface area contributed by atoms with E-state index >= 15 is 0 Å². The quantitative estimate of drug-likeness (QED) is 0.619. The van der Waals surface area contributed by atoms with Crippen molar-refractivity contribution in [3.63, 3.8) is 0 Å². The number of hydrogen-bond donors (Lipinski definition) is 1. The lowest BCUT2D eigenvalue weighted by Crippen LogP contribution is -2.21. The first-order chi connectivity index (χ1) is 9.95. The van der Waals surface area contributed by atoms with Crippen LogP contribution in [0.15, 0.2) is 41.2 Å². The fraction of sp³-hybridized carbons (Fsp3) is 0.143. The average molecular weight is 415 g/mol. The van der Waals surface area contributed by atoms with Gasteiger partial charge in [-0.05, 0) is 41.1 Å². The van der Waals surface area contributed by atoms with Crippen molar-refractivity contribution in [2.24, 2.45) is 0 Å². The Bertz CT molecular complexity index is 1000. The second kappa shape index (κ2) is 4.99. The number of aryl methyl sites for hydroxylation is 1. The van der Waals surface area contributed by atoms with Gasteiger partial charge in [0.2, 0.25) is 0 Å². The van der Waals surface area contributed by atoms with Crippen molar-refractivity contribution in [3.05, 3.63) is 47.9 Å². The van der Waals surface area contributed by atoms with Crippen molar-refractivity contribution < 1.29 is 9.52 Å². The molecule has 0 unspecified atom stereocenters. The highest BCUT2D eigenvalue weighted by Crippen LogP contribution is 2.32. The van der Waals surface area contributed by atoms with Crippen LogP contribution in [0.1, 0.15) is 6.92 Å². The Labute approximate surface area is 135 Å². The number of halogens is 2. The van der Waals surface area contributed by atoms with Crippen molar-refractivity contribution in [2.75, 3.05) is 0 Å². The second-order valence-electron chi connectivity index (χ2n) is 4.47. The second-order valence-corrected chi connectivity index (χ2v) is 6.18. The van der Waals surface area contributed by atoms with Gasteiger partial charge >= 0.3 is 5.63 Å². The molecule has 21 heavy (non-hydrogen) atoms. The van der Waals surface area contributed by atoms with Gasteiger partial charge in [0.15, 0.2) is 11.3 Å². The van der Waals surface area contributed by atoms with Crippen LogP contribution in [0.2, 0.25) is 0 Å². The van der Waals surface area contributed by atoms with E-state index in [-0.39, 0.29) is 15.4 Å². The van der Waals surface area contributed by atoms with Gasteiger partial charge in [-0.3, -0.25) is 4.79 Å². The molecule has 0 spiro atoms. The fourth-order valence-electron chi connectivity index (χ4n) is 2.37. The zero-order chi connectivity index (χ0) is 15.3. The van der Waals surface area contributed by atoms with E-state index in [2.05, 4.69) is 31.9 Å². The summed E-state index contributed by atoms with van der Waals surface area (Å²) in [6, 6.07) is 5.32. The van der Waals surface area contributed by atoms with E-state index < -0.39 is 16.9 Å². The molecule has 0 amide bonds. The lowest BCUT2D eigenvalue weighted by atomic mass is 10.1. The van der Waals surface area contributed by atoms with Crippen LogP contribution < -0.4 is 11.2 Å². The first kappa shape index (κ1) is 14.3. The van der Waals surface area contributed by atoms with Gasteiger partial charge in [-0.2, -0.15) is 0 Å². The van der Waals surface area contributed by atoms with Gasteiger partial charge < -0.3 is 14.1 Å². The zero-order valence-electron chi connectivity index (χ0n) is 10.8. The van der Waals surface area contributed by atoms with Crippen LogP contribution in [0.5, 0.6) is 5.75 Å². The summed E-state index contributed by atoms with van der Waals surface area (Å²) in [4.78, 5) is 24.3. The molecule has 0 aliphatic rings. The molecule has 0 radical (unpaired) electrons. The Morgan fingerprint density at radius 2 is 2.00 bits per heavy atom. The Kier molecular flexibility index (Phi) is 3.41. The van der Waals surface area contributed by atoms with Gasteiger partial charge in [-0.15, -0.1) is 0 Å². The largest absolute Gasteiger partial charge is 0.506 e. The molecule has 0 bridgehead atoms. The maximum Gasteiger partial charge on any atom is 0.354 e. The summed E-state index contributed by atoms with van der Waals surface area (Å²) in [6.07, 6.45) is 0. The summed E-state index contributed by atoms with van der Waals surface area (Å²) >= 11 is 6.30. The van der Waals surface area contributed by atoms with E-state index in [1.54, 1.807) is 18.2 Å². The number of aromatic hydroxyl groups is 1. The number of hydrogen-bond acceptors (Lipinski definition) is 4. The number of pyridine rings is 1. The molecule has 3 rings (SSSR count). The Balaban J connectivity index is 2.75.